The van der Waals surface area contributed by atoms with Crippen molar-refractivity contribution in [2.45, 2.75) is 31.8 Å². The van der Waals surface area contributed by atoms with Gasteiger partial charge in [0.25, 0.3) is 0 Å². The van der Waals surface area contributed by atoms with E-state index in [1.807, 2.05) is 6.92 Å². The van der Waals surface area contributed by atoms with Crippen LogP contribution in [0.15, 0.2) is 24.3 Å². The van der Waals surface area contributed by atoms with Crippen LogP contribution >= 0.6 is 0 Å². The molecule has 6 nitrogen and oxygen atoms in total. The van der Waals surface area contributed by atoms with Gasteiger partial charge in [0.15, 0.2) is 0 Å². The maximum atomic E-state index is 12.1. The first-order chi connectivity index (χ1) is 9.97. The average Bonchev–Trinajstić information content (AvgIpc) is 2.86. The Kier molecular flexibility index (Phi) is 4.80. The standard InChI is InChI=1S/C15H20N2O4/c1-9-6-7-16-13(9)14(19)17-12(15(20)21)8-10-2-4-11(18)5-3-10/h2-5,9,12-13,16,18H,6-8H2,1H3,(H,17,19)(H,20,21)/t9?,12-,13?/m0/s1. The van der Waals surface area contributed by atoms with Gasteiger partial charge in [0, 0.05) is 6.42 Å². The fourth-order valence-electron chi connectivity index (χ4n) is 2.51. The average molecular weight is 292 g/mol. The lowest BCUT2D eigenvalue weighted by Gasteiger charge is -2.20. The molecule has 0 radical (unpaired) electrons. The molecule has 0 aromatic heterocycles. The molecule has 0 bridgehead atoms. The lowest BCUT2D eigenvalue weighted by atomic mass is 10.0. The molecule has 6 heteroatoms. The third-order valence-corrected chi connectivity index (χ3v) is 3.81. The Morgan fingerprint density at radius 1 is 1.38 bits per heavy atom. The van der Waals surface area contributed by atoms with Gasteiger partial charge in [-0.25, -0.2) is 4.79 Å². The smallest absolute Gasteiger partial charge is 0.326 e. The molecule has 1 saturated heterocycles. The van der Waals surface area contributed by atoms with Gasteiger partial charge in [0.1, 0.15) is 11.8 Å². The Labute approximate surface area is 123 Å². The summed E-state index contributed by atoms with van der Waals surface area (Å²) in [6.45, 7) is 2.74. The summed E-state index contributed by atoms with van der Waals surface area (Å²) < 4.78 is 0. The highest BCUT2D eigenvalue weighted by Crippen LogP contribution is 2.15. The number of carbonyl (C=O) groups excluding carboxylic acids is 1. The SMILES string of the molecule is CC1CCNC1C(=O)N[C@@H](Cc1ccc(O)cc1)C(=O)O. The van der Waals surface area contributed by atoms with E-state index in [-0.39, 0.29) is 30.0 Å². The van der Waals surface area contributed by atoms with Crippen molar-refractivity contribution in [2.75, 3.05) is 6.54 Å². The van der Waals surface area contributed by atoms with E-state index >= 15 is 0 Å². The number of hydrogen-bond acceptors (Lipinski definition) is 4. The van der Waals surface area contributed by atoms with Crippen molar-refractivity contribution < 1.29 is 19.8 Å². The van der Waals surface area contributed by atoms with Gasteiger partial charge in [-0.05, 0) is 36.6 Å². The van der Waals surface area contributed by atoms with Crippen molar-refractivity contribution in [3.05, 3.63) is 29.8 Å². The molecule has 1 aliphatic heterocycles. The fraction of sp³-hybridized carbons (Fsp3) is 0.467. The quantitative estimate of drug-likeness (QED) is 0.633. The molecule has 1 fully saturated rings. The molecule has 21 heavy (non-hydrogen) atoms. The van der Waals surface area contributed by atoms with E-state index in [9.17, 15) is 19.8 Å². The Morgan fingerprint density at radius 3 is 2.57 bits per heavy atom. The zero-order valence-electron chi connectivity index (χ0n) is 11.9. The number of aliphatic carboxylic acids is 1. The van der Waals surface area contributed by atoms with Gasteiger partial charge in [-0.1, -0.05) is 19.1 Å². The molecule has 0 saturated carbocycles. The van der Waals surface area contributed by atoms with Gasteiger partial charge in [-0.15, -0.1) is 0 Å². The van der Waals surface area contributed by atoms with Gasteiger partial charge in [0.2, 0.25) is 5.91 Å². The van der Waals surface area contributed by atoms with Gasteiger partial charge in [0.05, 0.1) is 6.04 Å². The van der Waals surface area contributed by atoms with E-state index < -0.39 is 12.0 Å². The highest BCUT2D eigenvalue weighted by Gasteiger charge is 2.31. The van der Waals surface area contributed by atoms with E-state index in [2.05, 4.69) is 10.6 Å². The zero-order valence-corrected chi connectivity index (χ0v) is 11.9. The molecule has 1 heterocycles. The van der Waals surface area contributed by atoms with Crippen molar-refractivity contribution in [3.63, 3.8) is 0 Å². The highest BCUT2D eigenvalue weighted by atomic mass is 16.4. The first-order valence-electron chi connectivity index (χ1n) is 7.02. The Morgan fingerprint density at radius 2 is 2.05 bits per heavy atom. The van der Waals surface area contributed by atoms with Crippen LogP contribution in [0.4, 0.5) is 0 Å². The summed E-state index contributed by atoms with van der Waals surface area (Å²) in [4.78, 5) is 23.5. The van der Waals surface area contributed by atoms with E-state index in [1.54, 1.807) is 12.1 Å². The van der Waals surface area contributed by atoms with Gasteiger partial charge >= 0.3 is 5.97 Å². The summed E-state index contributed by atoms with van der Waals surface area (Å²) in [5, 5.41) is 24.2. The lowest BCUT2D eigenvalue weighted by molar-refractivity contribution is -0.142. The number of rotatable bonds is 5. The summed E-state index contributed by atoms with van der Waals surface area (Å²) in [5.41, 5.74) is 0.743. The predicted molar refractivity (Wildman–Crippen MR) is 76.9 cm³/mol. The van der Waals surface area contributed by atoms with Crippen LogP contribution in [0.2, 0.25) is 0 Å². The summed E-state index contributed by atoms with van der Waals surface area (Å²) in [7, 11) is 0. The second-order valence-corrected chi connectivity index (χ2v) is 5.47. The topological polar surface area (TPSA) is 98.7 Å². The van der Waals surface area contributed by atoms with E-state index in [0.29, 0.717) is 0 Å². The van der Waals surface area contributed by atoms with Crippen LogP contribution in [-0.4, -0.2) is 40.7 Å². The molecule has 4 N–H and O–H groups in total. The molecule has 1 aromatic carbocycles. The number of phenols is 1. The van der Waals surface area contributed by atoms with Crippen molar-refractivity contribution in [1.29, 1.82) is 0 Å². The molecule has 2 rings (SSSR count). The maximum Gasteiger partial charge on any atom is 0.326 e. The molecule has 114 valence electrons. The summed E-state index contributed by atoms with van der Waals surface area (Å²) in [6.07, 6.45) is 1.09. The summed E-state index contributed by atoms with van der Waals surface area (Å²) in [5.74, 6) is -1.01. The van der Waals surface area contributed by atoms with Gasteiger partial charge in [-0.2, -0.15) is 0 Å². The molecule has 1 amide bonds. The van der Waals surface area contributed by atoms with Crippen LogP contribution in [-0.2, 0) is 16.0 Å². The second kappa shape index (κ2) is 6.58. The molecule has 1 aromatic rings. The number of carbonyl (C=O) groups is 2. The Balaban J connectivity index is 2.00. The number of nitrogens with one attached hydrogen (secondary N) is 2. The van der Waals surface area contributed by atoms with Crippen molar-refractivity contribution in [2.24, 2.45) is 5.92 Å². The number of carboxylic acid groups (broad SMARTS) is 1. The number of benzene rings is 1. The minimum Gasteiger partial charge on any atom is -0.508 e. The van der Waals surface area contributed by atoms with Crippen LogP contribution in [0.25, 0.3) is 0 Å². The minimum atomic E-state index is -1.07. The van der Waals surface area contributed by atoms with Gasteiger partial charge in [-0.3, -0.25) is 4.79 Å². The van der Waals surface area contributed by atoms with Crippen molar-refractivity contribution >= 4 is 11.9 Å². The first kappa shape index (κ1) is 15.3. The third-order valence-electron chi connectivity index (χ3n) is 3.81. The number of amides is 1. The maximum absolute atomic E-state index is 12.1. The van der Waals surface area contributed by atoms with Crippen LogP contribution in [0, 0.1) is 5.92 Å². The van der Waals surface area contributed by atoms with Crippen LogP contribution in [0.1, 0.15) is 18.9 Å². The Hall–Kier alpha value is -2.08. The van der Waals surface area contributed by atoms with E-state index in [1.165, 1.54) is 12.1 Å². The number of carboxylic acids is 1. The third kappa shape index (κ3) is 3.95. The first-order valence-corrected chi connectivity index (χ1v) is 7.02. The number of aromatic hydroxyl groups is 1. The van der Waals surface area contributed by atoms with E-state index in [4.69, 9.17) is 0 Å². The number of phenolic OH excluding ortho intramolecular Hbond substituents is 1. The monoisotopic (exact) mass is 292 g/mol. The van der Waals surface area contributed by atoms with E-state index in [0.717, 1.165) is 18.5 Å². The Bertz CT molecular complexity index is 515. The normalized spacial score (nSPS) is 22.7. The zero-order chi connectivity index (χ0) is 15.4. The van der Waals surface area contributed by atoms with Crippen LogP contribution in [0.3, 0.4) is 0 Å². The molecule has 2 unspecified atom stereocenters. The molecule has 0 aliphatic carbocycles. The molecular weight excluding hydrogens is 272 g/mol. The lowest BCUT2D eigenvalue weighted by Crippen LogP contribution is -2.50. The summed E-state index contributed by atoms with van der Waals surface area (Å²) >= 11 is 0. The molecule has 3 atom stereocenters. The summed E-state index contributed by atoms with van der Waals surface area (Å²) in [6, 6.07) is 4.98. The van der Waals surface area contributed by atoms with Gasteiger partial charge < -0.3 is 20.8 Å². The fourth-order valence-corrected chi connectivity index (χ4v) is 2.51. The number of hydrogen-bond donors (Lipinski definition) is 4. The van der Waals surface area contributed by atoms with Crippen molar-refractivity contribution in [3.8, 4) is 5.75 Å². The largest absolute Gasteiger partial charge is 0.508 e. The second-order valence-electron chi connectivity index (χ2n) is 5.47. The molecule has 0 spiro atoms. The molecular formula is C15H20N2O4. The van der Waals surface area contributed by atoms with Crippen molar-refractivity contribution in [1.82, 2.24) is 10.6 Å². The van der Waals surface area contributed by atoms with Crippen LogP contribution < -0.4 is 10.6 Å². The predicted octanol–water partition coefficient (Wildman–Crippen LogP) is 0.502. The molecule has 1 aliphatic rings. The van der Waals surface area contributed by atoms with Crippen LogP contribution in [0.5, 0.6) is 5.75 Å². The highest BCUT2D eigenvalue weighted by molar-refractivity contribution is 5.87. The minimum absolute atomic E-state index is 0.124.